The molecule has 1 rings (SSSR count). The zero-order chi connectivity index (χ0) is 15.7. The third kappa shape index (κ3) is 3.33. The summed E-state index contributed by atoms with van der Waals surface area (Å²) in [5.74, 6) is -0.837. The molecule has 1 saturated carbocycles. The quantitative estimate of drug-likeness (QED) is 0.754. The Kier molecular flexibility index (Phi) is 4.88. The van der Waals surface area contributed by atoms with Crippen LogP contribution in [0.2, 0.25) is 0 Å². The van der Waals surface area contributed by atoms with E-state index in [4.69, 9.17) is 5.11 Å². The summed E-state index contributed by atoms with van der Waals surface area (Å²) < 4.78 is 0. The van der Waals surface area contributed by atoms with Crippen LogP contribution in [0.25, 0.3) is 0 Å². The summed E-state index contributed by atoms with van der Waals surface area (Å²) in [6.07, 6.45) is 2.32. The molecule has 1 aliphatic rings. The van der Waals surface area contributed by atoms with Crippen LogP contribution in [0, 0.1) is 22.7 Å². The van der Waals surface area contributed by atoms with Gasteiger partial charge in [-0.3, -0.25) is 9.59 Å². The monoisotopic (exact) mass is 283 g/mol. The first-order valence-electron chi connectivity index (χ1n) is 7.55. The summed E-state index contributed by atoms with van der Waals surface area (Å²) in [4.78, 5) is 23.0. The van der Waals surface area contributed by atoms with E-state index in [0.717, 1.165) is 12.8 Å². The lowest BCUT2D eigenvalue weighted by atomic mass is 10.0. The maximum absolute atomic E-state index is 12.2. The fourth-order valence-electron chi connectivity index (χ4n) is 3.10. The molecule has 0 aromatic heterocycles. The van der Waals surface area contributed by atoms with E-state index in [1.54, 1.807) is 6.92 Å². The highest BCUT2D eigenvalue weighted by molar-refractivity contribution is 5.84. The molecule has 1 amide bonds. The Hall–Kier alpha value is -1.06. The van der Waals surface area contributed by atoms with Gasteiger partial charge in [0.05, 0.1) is 5.92 Å². The molecule has 2 atom stereocenters. The van der Waals surface area contributed by atoms with Gasteiger partial charge >= 0.3 is 5.97 Å². The van der Waals surface area contributed by atoms with Crippen LogP contribution >= 0.6 is 0 Å². The summed E-state index contributed by atoms with van der Waals surface area (Å²) in [6, 6.07) is 0.107. The van der Waals surface area contributed by atoms with Crippen molar-refractivity contribution in [1.82, 2.24) is 5.32 Å². The number of carbonyl (C=O) groups excluding carboxylic acids is 1. The van der Waals surface area contributed by atoms with E-state index < -0.39 is 5.97 Å². The number of carbonyl (C=O) groups is 2. The maximum Gasteiger partial charge on any atom is 0.306 e. The number of aliphatic carboxylic acids is 1. The second kappa shape index (κ2) is 5.74. The van der Waals surface area contributed by atoms with Gasteiger partial charge in [-0.2, -0.15) is 0 Å². The molecule has 0 spiro atoms. The average Bonchev–Trinajstić information content (AvgIpc) is 2.68. The van der Waals surface area contributed by atoms with Crippen molar-refractivity contribution in [3.63, 3.8) is 0 Å². The Morgan fingerprint density at radius 1 is 1.10 bits per heavy atom. The van der Waals surface area contributed by atoms with Gasteiger partial charge in [0.2, 0.25) is 5.91 Å². The number of carboxylic acids is 1. The predicted molar refractivity (Wildman–Crippen MR) is 79.3 cm³/mol. The Morgan fingerprint density at radius 2 is 1.60 bits per heavy atom. The normalized spacial score (nSPS) is 22.9. The van der Waals surface area contributed by atoms with Crippen molar-refractivity contribution in [3.05, 3.63) is 0 Å². The second-order valence-electron chi connectivity index (χ2n) is 7.46. The third-order valence-electron chi connectivity index (χ3n) is 5.37. The lowest BCUT2D eigenvalue weighted by molar-refractivity contribution is -0.141. The molecule has 1 fully saturated rings. The SMILES string of the molecule is CC(CCCC(C)C(=O)O)NC(=O)C1C(C)(C)C1(C)C. The van der Waals surface area contributed by atoms with Crippen molar-refractivity contribution in [2.45, 2.75) is 66.8 Å². The minimum Gasteiger partial charge on any atom is -0.481 e. The standard InChI is InChI=1S/C16H29NO3/c1-10(14(19)20)8-7-9-11(2)17-13(18)12-15(3,4)16(12,5)6/h10-12H,7-9H2,1-6H3,(H,17,18)(H,19,20). The van der Waals surface area contributed by atoms with Gasteiger partial charge < -0.3 is 10.4 Å². The Morgan fingerprint density at radius 3 is 2.00 bits per heavy atom. The maximum atomic E-state index is 12.2. The van der Waals surface area contributed by atoms with Gasteiger partial charge in [0.1, 0.15) is 0 Å². The zero-order valence-corrected chi connectivity index (χ0v) is 13.6. The highest BCUT2D eigenvalue weighted by Crippen LogP contribution is 2.68. The summed E-state index contributed by atoms with van der Waals surface area (Å²) >= 11 is 0. The van der Waals surface area contributed by atoms with Crippen LogP contribution in [0.4, 0.5) is 0 Å². The van der Waals surface area contributed by atoms with E-state index in [1.807, 2.05) is 6.92 Å². The lowest BCUT2D eigenvalue weighted by Gasteiger charge is -2.15. The number of amides is 1. The van der Waals surface area contributed by atoms with Gasteiger partial charge in [0.25, 0.3) is 0 Å². The molecule has 2 unspecified atom stereocenters. The highest BCUT2D eigenvalue weighted by Gasteiger charge is 2.68. The summed E-state index contributed by atoms with van der Waals surface area (Å²) in [5.41, 5.74) is 0.128. The summed E-state index contributed by atoms with van der Waals surface area (Å²) in [7, 11) is 0. The lowest BCUT2D eigenvalue weighted by Crippen LogP contribution is -2.35. The molecular formula is C16H29NO3. The first-order valence-corrected chi connectivity index (χ1v) is 7.55. The van der Waals surface area contributed by atoms with Crippen LogP contribution < -0.4 is 5.32 Å². The minimum atomic E-state index is -0.747. The molecule has 0 aromatic rings. The molecule has 1 aliphatic carbocycles. The van der Waals surface area contributed by atoms with E-state index in [1.165, 1.54) is 0 Å². The second-order valence-corrected chi connectivity index (χ2v) is 7.46. The Labute approximate surface area is 122 Å². The topological polar surface area (TPSA) is 66.4 Å². The molecule has 4 heteroatoms. The molecular weight excluding hydrogens is 254 g/mol. The number of hydrogen-bond donors (Lipinski definition) is 2. The average molecular weight is 283 g/mol. The zero-order valence-electron chi connectivity index (χ0n) is 13.6. The Balaban J connectivity index is 2.32. The van der Waals surface area contributed by atoms with Crippen molar-refractivity contribution in [1.29, 1.82) is 0 Å². The minimum absolute atomic E-state index is 0.0641. The van der Waals surface area contributed by atoms with Crippen LogP contribution in [0.3, 0.4) is 0 Å². The van der Waals surface area contributed by atoms with Crippen molar-refractivity contribution in [2.24, 2.45) is 22.7 Å². The molecule has 0 saturated heterocycles. The van der Waals surface area contributed by atoms with Crippen LogP contribution in [-0.4, -0.2) is 23.0 Å². The smallest absolute Gasteiger partial charge is 0.306 e. The molecule has 4 nitrogen and oxygen atoms in total. The third-order valence-corrected chi connectivity index (χ3v) is 5.37. The van der Waals surface area contributed by atoms with Crippen LogP contribution in [0.5, 0.6) is 0 Å². The van der Waals surface area contributed by atoms with E-state index in [0.29, 0.717) is 6.42 Å². The Bertz CT molecular complexity index is 373. The molecule has 0 heterocycles. The summed E-state index contributed by atoms with van der Waals surface area (Å²) in [6.45, 7) is 12.3. The van der Waals surface area contributed by atoms with Crippen molar-refractivity contribution >= 4 is 11.9 Å². The molecule has 20 heavy (non-hydrogen) atoms. The molecule has 0 radical (unpaired) electrons. The number of nitrogens with one attached hydrogen (secondary N) is 1. The van der Waals surface area contributed by atoms with Gasteiger partial charge in [-0.1, -0.05) is 41.0 Å². The molecule has 0 bridgehead atoms. The van der Waals surface area contributed by atoms with Gasteiger partial charge in [-0.05, 0) is 30.6 Å². The molecule has 116 valence electrons. The number of hydrogen-bond acceptors (Lipinski definition) is 2. The van der Waals surface area contributed by atoms with Gasteiger partial charge in [0, 0.05) is 12.0 Å². The summed E-state index contributed by atoms with van der Waals surface area (Å²) in [5, 5.41) is 11.9. The van der Waals surface area contributed by atoms with E-state index in [2.05, 4.69) is 33.0 Å². The van der Waals surface area contributed by atoms with Crippen molar-refractivity contribution in [2.75, 3.05) is 0 Å². The highest BCUT2D eigenvalue weighted by atomic mass is 16.4. The predicted octanol–water partition coefficient (Wildman–Crippen LogP) is 3.06. The first-order chi connectivity index (χ1) is 9.01. The van der Waals surface area contributed by atoms with E-state index >= 15 is 0 Å². The molecule has 2 N–H and O–H groups in total. The van der Waals surface area contributed by atoms with Crippen LogP contribution in [-0.2, 0) is 9.59 Å². The van der Waals surface area contributed by atoms with Crippen molar-refractivity contribution < 1.29 is 14.7 Å². The van der Waals surface area contributed by atoms with Crippen molar-refractivity contribution in [3.8, 4) is 0 Å². The molecule has 0 aromatic carbocycles. The van der Waals surface area contributed by atoms with Gasteiger partial charge in [-0.15, -0.1) is 0 Å². The van der Waals surface area contributed by atoms with Gasteiger partial charge in [0.15, 0.2) is 0 Å². The van der Waals surface area contributed by atoms with Crippen LogP contribution in [0.15, 0.2) is 0 Å². The van der Waals surface area contributed by atoms with E-state index in [9.17, 15) is 9.59 Å². The first kappa shape index (κ1) is 17.0. The molecule has 0 aliphatic heterocycles. The van der Waals surface area contributed by atoms with E-state index in [-0.39, 0.29) is 34.6 Å². The fraction of sp³-hybridized carbons (Fsp3) is 0.875. The number of rotatable bonds is 7. The van der Waals surface area contributed by atoms with Crippen LogP contribution in [0.1, 0.15) is 60.8 Å². The largest absolute Gasteiger partial charge is 0.481 e. The van der Waals surface area contributed by atoms with Gasteiger partial charge in [-0.25, -0.2) is 0 Å². The number of carboxylic acid groups (broad SMARTS) is 1. The fourth-order valence-corrected chi connectivity index (χ4v) is 3.10.